The Balaban J connectivity index is 1.67. The summed E-state index contributed by atoms with van der Waals surface area (Å²) < 4.78 is 18.8. The molecule has 0 radical (unpaired) electrons. The van der Waals surface area contributed by atoms with E-state index in [9.17, 15) is 9.59 Å². The summed E-state index contributed by atoms with van der Waals surface area (Å²) in [5.74, 6) is 0.924. The monoisotopic (exact) mass is 561 g/mol. The van der Waals surface area contributed by atoms with E-state index >= 15 is 0 Å². The Labute approximate surface area is 223 Å². The van der Waals surface area contributed by atoms with Crippen LogP contribution in [0.15, 0.2) is 80.4 Å². The average molecular weight is 562 g/mol. The maximum Gasteiger partial charge on any atom is 0.295 e. The molecule has 0 saturated carbocycles. The van der Waals surface area contributed by atoms with E-state index in [1.165, 1.54) is 0 Å². The first-order chi connectivity index (χ1) is 18.0. The molecule has 5 rings (SSSR count). The number of carbonyl (C=O) groups excluding carboxylic acids is 1. The van der Waals surface area contributed by atoms with Crippen molar-refractivity contribution in [2.24, 2.45) is 0 Å². The zero-order chi connectivity index (χ0) is 25.9. The smallest absolute Gasteiger partial charge is 0.295 e. The van der Waals surface area contributed by atoms with Crippen LogP contribution in [0.5, 0.6) is 11.5 Å². The highest BCUT2D eigenvalue weighted by Gasteiger charge is 2.44. The number of nitrogens with zero attached hydrogens (tertiary/aromatic N) is 1. The fraction of sp³-hybridized carbons (Fsp3) is 0.267. The molecule has 0 bridgehead atoms. The van der Waals surface area contributed by atoms with Crippen molar-refractivity contribution in [2.45, 2.75) is 39.2 Å². The number of hydrogen-bond donors (Lipinski definition) is 0. The van der Waals surface area contributed by atoms with Gasteiger partial charge in [0.05, 0.1) is 30.2 Å². The number of benzene rings is 3. The van der Waals surface area contributed by atoms with Crippen LogP contribution in [0.4, 0.5) is 5.69 Å². The number of ether oxygens (including phenoxy) is 2. The standard InChI is InChI=1S/C30H28BrNO5/c1-3-5-8-16-36-24-15-14-19(17-25(24)35-4-2)27-26-28(33)22-12-6-7-13-23(22)37-29(26)30(34)32(27)21-11-9-10-20(31)18-21/h6-7,9-15,17-18,27H,3-5,8,16H2,1-2H3. The van der Waals surface area contributed by atoms with Crippen LogP contribution in [-0.2, 0) is 0 Å². The van der Waals surface area contributed by atoms with Gasteiger partial charge in [0.25, 0.3) is 5.91 Å². The Kier molecular flexibility index (Phi) is 7.33. The molecule has 190 valence electrons. The summed E-state index contributed by atoms with van der Waals surface area (Å²) in [4.78, 5) is 29.2. The molecule has 1 amide bonds. The van der Waals surface area contributed by atoms with Gasteiger partial charge in [0, 0.05) is 10.2 Å². The van der Waals surface area contributed by atoms with Crippen molar-refractivity contribution in [3.05, 3.63) is 98.3 Å². The van der Waals surface area contributed by atoms with Crippen LogP contribution in [0.1, 0.15) is 60.8 Å². The number of anilines is 1. The second-order valence-corrected chi connectivity index (χ2v) is 9.84. The maximum atomic E-state index is 13.8. The van der Waals surface area contributed by atoms with E-state index in [-0.39, 0.29) is 17.1 Å². The molecule has 1 aliphatic rings. The zero-order valence-corrected chi connectivity index (χ0v) is 22.4. The Morgan fingerprint density at radius 2 is 1.76 bits per heavy atom. The first kappa shape index (κ1) is 25.1. The molecule has 0 N–H and O–H groups in total. The van der Waals surface area contributed by atoms with Crippen LogP contribution >= 0.6 is 15.9 Å². The number of carbonyl (C=O) groups is 1. The van der Waals surface area contributed by atoms with Crippen LogP contribution in [0.3, 0.4) is 0 Å². The zero-order valence-electron chi connectivity index (χ0n) is 20.8. The lowest BCUT2D eigenvalue weighted by molar-refractivity contribution is 0.0971. The van der Waals surface area contributed by atoms with Crippen LogP contribution < -0.4 is 19.8 Å². The van der Waals surface area contributed by atoms with Crippen LogP contribution in [0.25, 0.3) is 11.0 Å². The topological polar surface area (TPSA) is 69.0 Å². The minimum absolute atomic E-state index is 0.0616. The van der Waals surface area contributed by atoms with E-state index in [2.05, 4.69) is 22.9 Å². The summed E-state index contributed by atoms with van der Waals surface area (Å²) in [5, 5.41) is 0.441. The molecule has 4 aromatic rings. The van der Waals surface area contributed by atoms with Gasteiger partial charge in [-0.05, 0) is 61.4 Å². The van der Waals surface area contributed by atoms with Gasteiger partial charge in [-0.25, -0.2) is 0 Å². The number of amides is 1. The van der Waals surface area contributed by atoms with Crippen molar-refractivity contribution in [3.63, 3.8) is 0 Å². The van der Waals surface area contributed by atoms with E-state index in [0.29, 0.717) is 46.9 Å². The molecular weight excluding hydrogens is 534 g/mol. The Bertz CT molecular complexity index is 1510. The summed E-state index contributed by atoms with van der Waals surface area (Å²) in [5.41, 5.74) is 1.88. The molecular formula is C30H28BrNO5. The fourth-order valence-corrected chi connectivity index (χ4v) is 5.13. The minimum Gasteiger partial charge on any atom is -0.490 e. The van der Waals surface area contributed by atoms with Crippen LogP contribution in [-0.4, -0.2) is 19.1 Å². The molecule has 2 heterocycles. The Morgan fingerprint density at radius 3 is 2.54 bits per heavy atom. The molecule has 6 nitrogen and oxygen atoms in total. The number of rotatable bonds is 9. The largest absolute Gasteiger partial charge is 0.490 e. The first-order valence-corrected chi connectivity index (χ1v) is 13.4. The van der Waals surface area contributed by atoms with E-state index in [1.54, 1.807) is 29.2 Å². The molecule has 0 aliphatic carbocycles. The number of para-hydroxylation sites is 1. The van der Waals surface area contributed by atoms with Crippen LogP contribution in [0.2, 0.25) is 0 Å². The molecule has 7 heteroatoms. The third kappa shape index (κ3) is 4.76. The second kappa shape index (κ2) is 10.8. The lowest BCUT2D eigenvalue weighted by Crippen LogP contribution is -2.29. The second-order valence-electron chi connectivity index (χ2n) is 8.92. The maximum absolute atomic E-state index is 13.8. The molecule has 1 unspecified atom stereocenters. The van der Waals surface area contributed by atoms with Crippen molar-refractivity contribution in [3.8, 4) is 11.5 Å². The molecule has 0 fully saturated rings. The third-order valence-corrected chi connectivity index (χ3v) is 6.95. The fourth-order valence-electron chi connectivity index (χ4n) is 4.74. The summed E-state index contributed by atoms with van der Waals surface area (Å²) in [6.45, 7) is 5.11. The van der Waals surface area contributed by atoms with Crippen LogP contribution in [0, 0.1) is 0 Å². The summed E-state index contributed by atoms with van der Waals surface area (Å²) >= 11 is 3.51. The first-order valence-electron chi connectivity index (χ1n) is 12.6. The normalized spacial score (nSPS) is 14.7. The molecule has 1 aliphatic heterocycles. The van der Waals surface area contributed by atoms with E-state index < -0.39 is 6.04 Å². The Morgan fingerprint density at radius 1 is 0.919 bits per heavy atom. The lowest BCUT2D eigenvalue weighted by Gasteiger charge is -2.26. The predicted octanol–water partition coefficient (Wildman–Crippen LogP) is 7.27. The van der Waals surface area contributed by atoms with Gasteiger partial charge in [-0.1, -0.05) is 60.0 Å². The number of hydrogen-bond acceptors (Lipinski definition) is 5. The SMILES string of the molecule is CCCCCOc1ccc(C2c3c(oc4ccccc4c3=O)C(=O)N2c2cccc(Br)c2)cc1OCC. The van der Waals surface area contributed by atoms with Crippen molar-refractivity contribution in [2.75, 3.05) is 18.1 Å². The number of unbranched alkanes of at least 4 members (excludes halogenated alkanes) is 2. The van der Waals surface area contributed by atoms with Gasteiger partial charge in [-0.2, -0.15) is 0 Å². The molecule has 1 aromatic heterocycles. The van der Waals surface area contributed by atoms with Gasteiger partial charge in [0.15, 0.2) is 16.9 Å². The van der Waals surface area contributed by atoms with Gasteiger partial charge in [0.2, 0.25) is 5.76 Å². The van der Waals surface area contributed by atoms with Crippen molar-refractivity contribution >= 4 is 38.5 Å². The number of halogens is 1. The summed E-state index contributed by atoms with van der Waals surface area (Å²) in [6.07, 6.45) is 3.16. The third-order valence-electron chi connectivity index (χ3n) is 6.45. The van der Waals surface area contributed by atoms with E-state index in [1.807, 2.05) is 49.4 Å². The Hall–Kier alpha value is -3.58. The van der Waals surface area contributed by atoms with Crippen molar-refractivity contribution < 1.29 is 18.7 Å². The quantitative estimate of drug-likeness (QED) is 0.201. The predicted molar refractivity (Wildman–Crippen MR) is 148 cm³/mol. The van der Waals surface area contributed by atoms with Gasteiger partial charge in [0.1, 0.15) is 5.58 Å². The van der Waals surface area contributed by atoms with E-state index in [4.69, 9.17) is 13.9 Å². The van der Waals surface area contributed by atoms with Crippen molar-refractivity contribution in [1.82, 2.24) is 0 Å². The summed E-state index contributed by atoms with van der Waals surface area (Å²) in [6, 6.07) is 19.4. The molecule has 37 heavy (non-hydrogen) atoms. The molecule has 0 saturated heterocycles. The van der Waals surface area contributed by atoms with Gasteiger partial charge in [-0.3, -0.25) is 14.5 Å². The molecule has 1 atom stereocenters. The van der Waals surface area contributed by atoms with E-state index in [0.717, 1.165) is 29.3 Å². The lowest BCUT2D eigenvalue weighted by atomic mass is 9.97. The molecule has 3 aromatic carbocycles. The molecule has 0 spiro atoms. The average Bonchev–Trinajstić information content (AvgIpc) is 3.20. The highest BCUT2D eigenvalue weighted by atomic mass is 79.9. The van der Waals surface area contributed by atoms with Gasteiger partial charge >= 0.3 is 0 Å². The highest BCUT2D eigenvalue weighted by Crippen LogP contribution is 2.43. The minimum atomic E-state index is -0.689. The highest BCUT2D eigenvalue weighted by molar-refractivity contribution is 9.10. The van der Waals surface area contributed by atoms with Crippen molar-refractivity contribution in [1.29, 1.82) is 0 Å². The van der Waals surface area contributed by atoms with Gasteiger partial charge in [-0.15, -0.1) is 0 Å². The number of fused-ring (bicyclic) bond motifs is 2. The van der Waals surface area contributed by atoms with Gasteiger partial charge < -0.3 is 13.9 Å². The summed E-state index contributed by atoms with van der Waals surface area (Å²) in [7, 11) is 0.